The minimum absolute atomic E-state index is 0.0000710. The Kier molecular flexibility index (Phi) is 3.56. The third kappa shape index (κ3) is 2.40. The van der Waals surface area contributed by atoms with E-state index in [1.807, 2.05) is 19.1 Å². The van der Waals surface area contributed by atoms with Crippen molar-refractivity contribution in [1.82, 2.24) is 9.80 Å². The van der Waals surface area contributed by atoms with Gasteiger partial charge in [-0.2, -0.15) is 0 Å². The second kappa shape index (κ2) is 5.06. The Hall–Kier alpha value is -0.610. The number of hydrogen-bond acceptors (Lipinski definition) is 3. The molecule has 2 aliphatic heterocycles. The summed E-state index contributed by atoms with van der Waals surface area (Å²) in [6.45, 7) is 4.37. The lowest BCUT2D eigenvalue weighted by Crippen LogP contribution is -2.47. The van der Waals surface area contributed by atoms with Gasteiger partial charge in [0.1, 0.15) is 0 Å². The van der Waals surface area contributed by atoms with Crippen molar-refractivity contribution in [3.8, 4) is 0 Å². The molecule has 0 aromatic heterocycles. The summed E-state index contributed by atoms with van der Waals surface area (Å²) in [5.74, 6) is 1.22. The average Bonchev–Trinajstić information content (AvgIpc) is 2.65. The summed E-state index contributed by atoms with van der Waals surface area (Å²) in [6.07, 6.45) is 6.16. The van der Waals surface area contributed by atoms with Crippen molar-refractivity contribution in [3.05, 3.63) is 0 Å². The fourth-order valence-corrected chi connectivity index (χ4v) is 4.00. The van der Waals surface area contributed by atoms with Gasteiger partial charge in [-0.3, -0.25) is 4.79 Å². The smallest absolute Gasteiger partial charge is 0.228 e. The molecule has 1 aliphatic carbocycles. The fraction of sp³-hybridized carbons (Fsp3) is 0.933. The monoisotopic (exact) mass is 266 g/mol. The van der Waals surface area contributed by atoms with Crippen LogP contribution in [0.1, 0.15) is 32.1 Å². The standard InChI is InChI=1S/C15H26N2O2/c1-16-6-3-15(14(16)18)4-7-17(8-5-15)11-12-9-13(10-12)19-2/h12-13H,3-11H2,1-2H3. The van der Waals surface area contributed by atoms with Crippen LogP contribution in [0.4, 0.5) is 0 Å². The molecular weight excluding hydrogens is 240 g/mol. The van der Waals surface area contributed by atoms with E-state index in [1.54, 1.807) is 0 Å². The Morgan fingerprint density at radius 1 is 1.21 bits per heavy atom. The van der Waals surface area contributed by atoms with Crippen LogP contribution >= 0.6 is 0 Å². The molecule has 0 N–H and O–H groups in total. The fourth-order valence-electron chi connectivity index (χ4n) is 4.00. The van der Waals surface area contributed by atoms with Gasteiger partial charge in [0, 0.05) is 27.2 Å². The number of piperidine rings is 1. The number of methoxy groups -OCH3 is 1. The van der Waals surface area contributed by atoms with Crippen LogP contribution < -0.4 is 0 Å². The molecule has 0 aromatic rings. The first-order valence-corrected chi connectivity index (χ1v) is 7.64. The van der Waals surface area contributed by atoms with Crippen molar-refractivity contribution < 1.29 is 9.53 Å². The van der Waals surface area contributed by atoms with Gasteiger partial charge in [0.05, 0.1) is 11.5 Å². The summed E-state index contributed by atoms with van der Waals surface area (Å²) in [5, 5.41) is 0. The van der Waals surface area contributed by atoms with E-state index in [9.17, 15) is 4.79 Å². The summed E-state index contributed by atoms with van der Waals surface area (Å²) < 4.78 is 5.34. The molecule has 2 saturated heterocycles. The predicted octanol–water partition coefficient (Wildman–Crippen LogP) is 1.36. The Morgan fingerprint density at radius 3 is 2.37 bits per heavy atom. The van der Waals surface area contributed by atoms with Crippen LogP contribution in [0, 0.1) is 11.3 Å². The number of rotatable bonds is 3. The van der Waals surface area contributed by atoms with Gasteiger partial charge in [0.15, 0.2) is 0 Å². The third-order valence-corrected chi connectivity index (χ3v) is 5.58. The molecule has 0 bridgehead atoms. The molecule has 1 spiro atoms. The van der Waals surface area contributed by atoms with Gasteiger partial charge in [-0.1, -0.05) is 0 Å². The molecule has 4 heteroatoms. The summed E-state index contributed by atoms with van der Waals surface area (Å²) in [5.41, 5.74) is -0.0000710. The number of ether oxygens (including phenoxy) is 1. The maximum Gasteiger partial charge on any atom is 0.228 e. The lowest BCUT2D eigenvalue weighted by Gasteiger charge is -2.42. The van der Waals surface area contributed by atoms with Crippen LogP contribution in [0.2, 0.25) is 0 Å². The van der Waals surface area contributed by atoms with Crippen molar-refractivity contribution in [2.45, 2.75) is 38.2 Å². The largest absolute Gasteiger partial charge is 0.381 e. The first-order chi connectivity index (χ1) is 9.13. The molecule has 2 heterocycles. The molecule has 0 radical (unpaired) electrons. The molecule has 0 aromatic carbocycles. The van der Waals surface area contributed by atoms with Crippen LogP contribution in [0.25, 0.3) is 0 Å². The van der Waals surface area contributed by atoms with E-state index in [-0.39, 0.29) is 5.41 Å². The summed E-state index contributed by atoms with van der Waals surface area (Å²) >= 11 is 0. The van der Waals surface area contributed by atoms with Crippen molar-refractivity contribution >= 4 is 5.91 Å². The quantitative estimate of drug-likeness (QED) is 0.773. The van der Waals surface area contributed by atoms with E-state index in [1.165, 1.54) is 19.4 Å². The molecule has 3 fully saturated rings. The molecule has 1 saturated carbocycles. The summed E-state index contributed by atoms with van der Waals surface area (Å²) in [4.78, 5) is 16.7. The van der Waals surface area contributed by atoms with Crippen molar-refractivity contribution in [2.24, 2.45) is 11.3 Å². The van der Waals surface area contributed by atoms with Crippen LogP contribution in [0.3, 0.4) is 0 Å². The van der Waals surface area contributed by atoms with Crippen molar-refractivity contribution in [1.29, 1.82) is 0 Å². The normalized spacial score (nSPS) is 34.8. The van der Waals surface area contributed by atoms with Gasteiger partial charge in [0.25, 0.3) is 0 Å². The first-order valence-electron chi connectivity index (χ1n) is 7.64. The number of likely N-dealkylation sites (tertiary alicyclic amines) is 2. The zero-order valence-electron chi connectivity index (χ0n) is 12.2. The van der Waals surface area contributed by atoms with Gasteiger partial charge in [-0.05, 0) is 51.1 Å². The van der Waals surface area contributed by atoms with Gasteiger partial charge in [-0.25, -0.2) is 0 Å². The summed E-state index contributed by atoms with van der Waals surface area (Å²) in [7, 11) is 3.76. The number of amides is 1. The van der Waals surface area contributed by atoms with Crippen LogP contribution in [-0.4, -0.2) is 62.1 Å². The van der Waals surface area contributed by atoms with Crippen molar-refractivity contribution in [3.63, 3.8) is 0 Å². The number of nitrogens with zero attached hydrogens (tertiary/aromatic N) is 2. The van der Waals surface area contributed by atoms with Gasteiger partial charge < -0.3 is 14.5 Å². The predicted molar refractivity (Wildman–Crippen MR) is 73.9 cm³/mol. The maximum atomic E-state index is 12.3. The molecule has 0 unspecified atom stereocenters. The van der Waals surface area contributed by atoms with Gasteiger partial charge in [-0.15, -0.1) is 0 Å². The number of hydrogen-bond donors (Lipinski definition) is 0. The Bertz CT molecular complexity index is 344. The second-order valence-electron chi connectivity index (χ2n) is 6.75. The minimum Gasteiger partial charge on any atom is -0.381 e. The van der Waals surface area contributed by atoms with Crippen LogP contribution in [0.15, 0.2) is 0 Å². The van der Waals surface area contributed by atoms with Crippen LogP contribution in [0.5, 0.6) is 0 Å². The highest BCUT2D eigenvalue weighted by atomic mass is 16.5. The zero-order chi connectivity index (χ0) is 13.5. The van der Waals surface area contributed by atoms with Gasteiger partial charge >= 0.3 is 0 Å². The maximum absolute atomic E-state index is 12.3. The number of carbonyl (C=O) groups excluding carboxylic acids is 1. The van der Waals surface area contributed by atoms with Crippen LogP contribution in [-0.2, 0) is 9.53 Å². The van der Waals surface area contributed by atoms with E-state index in [2.05, 4.69) is 4.90 Å². The highest BCUT2D eigenvalue weighted by molar-refractivity contribution is 5.84. The zero-order valence-corrected chi connectivity index (χ0v) is 12.2. The van der Waals surface area contributed by atoms with Crippen molar-refractivity contribution in [2.75, 3.05) is 40.3 Å². The van der Waals surface area contributed by atoms with E-state index >= 15 is 0 Å². The Morgan fingerprint density at radius 2 is 1.84 bits per heavy atom. The Balaban J connectivity index is 1.46. The molecular formula is C15H26N2O2. The van der Waals surface area contributed by atoms with E-state index in [0.29, 0.717) is 12.0 Å². The Labute approximate surface area is 116 Å². The highest BCUT2D eigenvalue weighted by Crippen LogP contribution is 2.41. The molecule has 3 aliphatic rings. The van der Waals surface area contributed by atoms with E-state index in [4.69, 9.17) is 4.74 Å². The highest BCUT2D eigenvalue weighted by Gasteiger charge is 2.47. The SMILES string of the molecule is COC1CC(CN2CCC3(CC2)CCN(C)C3=O)C1. The molecule has 19 heavy (non-hydrogen) atoms. The molecule has 108 valence electrons. The molecule has 4 nitrogen and oxygen atoms in total. The third-order valence-electron chi connectivity index (χ3n) is 5.58. The molecule has 1 amide bonds. The van der Waals surface area contributed by atoms with E-state index in [0.717, 1.165) is 44.8 Å². The average molecular weight is 266 g/mol. The second-order valence-corrected chi connectivity index (χ2v) is 6.75. The summed E-state index contributed by atoms with van der Waals surface area (Å²) in [6, 6.07) is 0. The minimum atomic E-state index is -0.0000710. The topological polar surface area (TPSA) is 32.8 Å². The van der Waals surface area contributed by atoms with E-state index < -0.39 is 0 Å². The van der Waals surface area contributed by atoms with Gasteiger partial charge in [0.2, 0.25) is 5.91 Å². The molecule has 0 atom stereocenters. The molecule has 3 rings (SSSR count). The lowest BCUT2D eigenvalue weighted by atomic mass is 9.76. The number of carbonyl (C=O) groups is 1. The first kappa shape index (κ1) is 13.4. The lowest BCUT2D eigenvalue weighted by molar-refractivity contribution is -0.137.